The minimum absolute atomic E-state index is 0.317. The van der Waals surface area contributed by atoms with Crippen LogP contribution in [0.25, 0.3) is 11.5 Å². The van der Waals surface area contributed by atoms with Gasteiger partial charge in [0.25, 0.3) is 0 Å². The molecule has 1 heterocycles. The molecule has 0 radical (unpaired) electrons. The van der Waals surface area contributed by atoms with Crippen LogP contribution >= 0.6 is 0 Å². The summed E-state index contributed by atoms with van der Waals surface area (Å²) < 4.78 is 11.2. The second-order valence-electron chi connectivity index (χ2n) is 6.19. The third-order valence-corrected chi connectivity index (χ3v) is 3.74. The first-order valence-electron chi connectivity index (χ1n) is 7.88. The minimum Gasteiger partial charge on any atom is -0.461 e. The number of nitrogens with zero attached hydrogens (tertiary/aromatic N) is 1. The molecule has 0 unspecified atom stereocenters. The number of carbonyl (C=O) groups is 1. The number of ether oxygens (including phenoxy) is 1. The van der Waals surface area contributed by atoms with E-state index in [4.69, 9.17) is 9.15 Å². The first-order valence-corrected chi connectivity index (χ1v) is 7.88. The molecule has 1 fully saturated rings. The summed E-state index contributed by atoms with van der Waals surface area (Å²) in [5.41, 5.74) is 1.23. The molecule has 0 amide bonds. The van der Waals surface area contributed by atoms with Crippen molar-refractivity contribution in [2.75, 3.05) is 6.61 Å². The Morgan fingerprint density at radius 3 is 2.68 bits per heavy atom. The van der Waals surface area contributed by atoms with Crippen LogP contribution in [-0.4, -0.2) is 17.6 Å². The molecule has 22 heavy (non-hydrogen) atoms. The summed E-state index contributed by atoms with van der Waals surface area (Å²) in [6.07, 6.45) is 2.96. The Morgan fingerprint density at radius 2 is 2.05 bits per heavy atom. The van der Waals surface area contributed by atoms with E-state index < -0.39 is 0 Å². The molecular formula is C18H21NO3. The summed E-state index contributed by atoms with van der Waals surface area (Å²) in [4.78, 5) is 16.7. The fraction of sp³-hybridized carbons (Fsp3) is 0.444. The zero-order chi connectivity index (χ0) is 15.5. The second kappa shape index (κ2) is 6.34. The molecule has 0 atom stereocenters. The van der Waals surface area contributed by atoms with E-state index in [1.165, 1.54) is 0 Å². The number of esters is 1. The van der Waals surface area contributed by atoms with Gasteiger partial charge in [-0.05, 0) is 37.3 Å². The van der Waals surface area contributed by atoms with Gasteiger partial charge in [-0.15, -0.1) is 0 Å². The van der Waals surface area contributed by atoms with E-state index in [2.05, 4.69) is 18.8 Å². The average molecular weight is 299 g/mol. The number of oxazole rings is 1. The van der Waals surface area contributed by atoms with Crippen LogP contribution in [0.15, 0.2) is 34.7 Å². The summed E-state index contributed by atoms with van der Waals surface area (Å²) in [6.45, 7) is 4.63. The molecule has 4 heteroatoms. The highest BCUT2D eigenvalue weighted by Gasteiger charge is 2.34. The van der Waals surface area contributed by atoms with Gasteiger partial charge in [0, 0.05) is 11.5 Å². The Morgan fingerprint density at radius 1 is 1.32 bits per heavy atom. The van der Waals surface area contributed by atoms with Gasteiger partial charge >= 0.3 is 5.97 Å². The molecule has 0 spiro atoms. The lowest BCUT2D eigenvalue weighted by Crippen LogP contribution is -2.10. The van der Waals surface area contributed by atoms with E-state index in [9.17, 15) is 4.79 Å². The maximum Gasteiger partial charge on any atom is 0.360 e. The van der Waals surface area contributed by atoms with Gasteiger partial charge < -0.3 is 9.15 Å². The maximum atomic E-state index is 12.3. The van der Waals surface area contributed by atoms with Crippen LogP contribution in [0, 0.1) is 5.92 Å². The Bertz CT molecular complexity index is 642. The predicted octanol–water partition coefficient (Wildman–Crippen LogP) is 4.42. The van der Waals surface area contributed by atoms with Crippen molar-refractivity contribution in [1.29, 1.82) is 0 Å². The number of benzene rings is 1. The zero-order valence-corrected chi connectivity index (χ0v) is 13.0. The van der Waals surface area contributed by atoms with Crippen LogP contribution in [0.4, 0.5) is 0 Å². The summed E-state index contributed by atoms with van der Waals surface area (Å²) >= 11 is 0. The molecule has 2 aromatic rings. The van der Waals surface area contributed by atoms with Crippen LogP contribution in [0.3, 0.4) is 0 Å². The molecule has 0 saturated heterocycles. The molecule has 1 aromatic heterocycles. The van der Waals surface area contributed by atoms with E-state index >= 15 is 0 Å². The Kier molecular flexibility index (Phi) is 4.27. The Balaban J connectivity index is 1.80. The van der Waals surface area contributed by atoms with Crippen LogP contribution in [0.2, 0.25) is 0 Å². The topological polar surface area (TPSA) is 52.3 Å². The molecule has 0 N–H and O–H groups in total. The fourth-order valence-corrected chi connectivity index (χ4v) is 2.26. The van der Waals surface area contributed by atoms with Gasteiger partial charge in [-0.2, -0.15) is 0 Å². The lowest BCUT2D eigenvalue weighted by atomic mass is 10.1. The van der Waals surface area contributed by atoms with E-state index in [1.54, 1.807) is 0 Å². The third kappa shape index (κ3) is 3.38. The zero-order valence-electron chi connectivity index (χ0n) is 13.0. The molecule has 0 bridgehead atoms. The average Bonchev–Trinajstić information content (AvgIpc) is 3.26. The van der Waals surface area contributed by atoms with E-state index in [1.807, 2.05) is 30.3 Å². The first-order chi connectivity index (χ1) is 10.6. The largest absolute Gasteiger partial charge is 0.461 e. The van der Waals surface area contributed by atoms with Crippen molar-refractivity contribution in [3.05, 3.63) is 41.8 Å². The summed E-state index contributed by atoms with van der Waals surface area (Å²) in [5, 5.41) is 0. The van der Waals surface area contributed by atoms with Gasteiger partial charge in [0.2, 0.25) is 5.89 Å². The molecule has 116 valence electrons. The van der Waals surface area contributed by atoms with Crippen molar-refractivity contribution >= 4 is 5.97 Å². The van der Waals surface area contributed by atoms with Crippen LogP contribution in [0.5, 0.6) is 0 Å². The van der Waals surface area contributed by atoms with E-state index in [0.29, 0.717) is 35.8 Å². The quantitative estimate of drug-likeness (QED) is 0.741. The molecular weight excluding hydrogens is 278 g/mol. The molecule has 1 aliphatic carbocycles. The number of rotatable bonds is 6. The van der Waals surface area contributed by atoms with Crippen molar-refractivity contribution in [3.63, 3.8) is 0 Å². The van der Waals surface area contributed by atoms with Gasteiger partial charge in [-0.1, -0.05) is 32.0 Å². The van der Waals surface area contributed by atoms with Crippen LogP contribution < -0.4 is 0 Å². The summed E-state index contributed by atoms with van der Waals surface area (Å²) in [6, 6.07) is 9.65. The Hall–Kier alpha value is -2.10. The van der Waals surface area contributed by atoms with Crippen LogP contribution in [-0.2, 0) is 4.74 Å². The first kappa shape index (κ1) is 14.8. The standard InChI is InChI=1S/C18H21NO3/c1-12(2)10-11-21-18(20)15-16(13-8-9-13)22-17(19-15)14-6-4-3-5-7-14/h3-7,12-13H,8-11H2,1-2H3. The van der Waals surface area contributed by atoms with Crippen molar-refractivity contribution in [2.24, 2.45) is 5.92 Å². The highest BCUT2D eigenvalue weighted by molar-refractivity contribution is 5.89. The lowest BCUT2D eigenvalue weighted by Gasteiger charge is -2.05. The van der Waals surface area contributed by atoms with Crippen molar-refractivity contribution in [3.8, 4) is 11.5 Å². The van der Waals surface area contributed by atoms with E-state index in [-0.39, 0.29) is 5.97 Å². The molecule has 1 aromatic carbocycles. The summed E-state index contributed by atoms with van der Waals surface area (Å²) in [5.74, 6) is 1.64. The molecule has 1 aliphatic rings. The van der Waals surface area contributed by atoms with E-state index in [0.717, 1.165) is 24.8 Å². The SMILES string of the molecule is CC(C)CCOC(=O)c1nc(-c2ccccc2)oc1C1CC1. The van der Waals surface area contributed by atoms with Gasteiger partial charge in [0.1, 0.15) is 5.76 Å². The maximum absolute atomic E-state index is 12.3. The Labute approximate surface area is 130 Å². The smallest absolute Gasteiger partial charge is 0.360 e. The number of carbonyl (C=O) groups excluding carboxylic acids is 1. The van der Waals surface area contributed by atoms with Crippen molar-refractivity contribution in [1.82, 2.24) is 4.98 Å². The van der Waals surface area contributed by atoms with Crippen molar-refractivity contribution < 1.29 is 13.9 Å². The van der Waals surface area contributed by atoms with Gasteiger partial charge in [-0.3, -0.25) is 0 Å². The molecule has 1 saturated carbocycles. The number of aromatic nitrogens is 1. The fourth-order valence-electron chi connectivity index (χ4n) is 2.26. The highest BCUT2D eigenvalue weighted by atomic mass is 16.5. The normalized spacial score (nSPS) is 14.3. The van der Waals surface area contributed by atoms with Crippen LogP contribution in [0.1, 0.15) is 55.3 Å². The molecule has 0 aliphatic heterocycles. The number of hydrogen-bond donors (Lipinski definition) is 0. The highest BCUT2D eigenvalue weighted by Crippen LogP contribution is 2.43. The van der Waals surface area contributed by atoms with Gasteiger partial charge in [0.05, 0.1) is 6.61 Å². The van der Waals surface area contributed by atoms with Gasteiger partial charge in [0.15, 0.2) is 5.69 Å². The monoisotopic (exact) mass is 299 g/mol. The van der Waals surface area contributed by atoms with Gasteiger partial charge in [-0.25, -0.2) is 9.78 Å². The molecule has 4 nitrogen and oxygen atoms in total. The minimum atomic E-state index is -0.367. The second-order valence-corrected chi connectivity index (χ2v) is 6.19. The number of hydrogen-bond acceptors (Lipinski definition) is 4. The summed E-state index contributed by atoms with van der Waals surface area (Å²) in [7, 11) is 0. The third-order valence-electron chi connectivity index (χ3n) is 3.74. The molecule has 3 rings (SSSR count). The lowest BCUT2D eigenvalue weighted by molar-refractivity contribution is 0.0479. The van der Waals surface area contributed by atoms with Crippen molar-refractivity contribution in [2.45, 2.75) is 39.0 Å². The predicted molar refractivity (Wildman–Crippen MR) is 83.7 cm³/mol.